The fourth-order valence-corrected chi connectivity index (χ4v) is 3.88. The van der Waals surface area contributed by atoms with Gasteiger partial charge in [0.15, 0.2) is 0 Å². The van der Waals surface area contributed by atoms with Crippen LogP contribution >= 0.6 is 0 Å². The number of fused-ring (bicyclic) bond motifs is 2. The summed E-state index contributed by atoms with van der Waals surface area (Å²) in [5, 5.41) is 12.0. The molecule has 0 radical (unpaired) electrons. The summed E-state index contributed by atoms with van der Waals surface area (Å²) in [6.07, 6.45) is 1.53. The highest BCUT2D eigenvalue weighted by atomic mass is 16.5. The Morgan fingerprint density at radius 2 is 1.92 bits per heavy atom. The molecular formula is C20H19NO4. The summed E-state index contributed by atoms with van der Waals surface area (Å²) >= 11 is 0. The number of ether oxygens (including phenoxy) is 1. The summed E-state index contributed by atoms with van der Waals surface area (Å²) in [6.45, 7) is 0.621. The summed E-state index contributed by atoms with van der Waals surface area (Å²) in [6, 6.07) is 15.0. The number of hydrogen-bond donors (Lipinski definition) is 2. The molecule has 2 atom stereocenters. The van der Waals surface area contributed by atoms with Crippen LogP contribution in [-0.2, 0) is 21.4 Å². The molecular weight excluding hydrogens is 318 g/mol. The second-order valence-electron chi connectivity index (χ2n) is 6.72. The van der Waals surface area contributed by atoms with Crippen LogP contribution in [0.2, 0.25) is 0 Å². The summed E-state index contributed by atoms with van der Waals surface area (Å²) in [5.41, 5.74) is 2.17. The third-order valence-electron chi connectivity index (χ3n) is 5.24. The Labute approximate surface area is 145 Å². The van der Waals surface area contributed by atoms with E-state index in [1.54, 1.807) is 24.3 Å². The van der Waals surface area contributed by atoms with E-state index in [9.17, 15) is 9.59 Å². The Bertz CT molecular complexity index is 847. The fraction of sp³-hybridized carbons (Fsp3) is 0.300. The number of hydrogen-bond acceptors (Lipinski definition) is 3. The number of nitrogens with one attached hydrogen (secondary N) is 1. The zero-order valence-electron chi connectivity index (χ0n) is 13.7. The van der Waals surface area contributed by atoms with Crippen molar-refractivity contribution < 1.29 is 19.4 Å². The van der Waals surface area contributed by atoms with E-state index in [1.165, 1.54) is 0 Å². The summed E-state index contributed by atoms with van der Waals surface area (Å²) in [5.74, 6) is -0.191. The lowest BCUT2D eigenvalue weighted by molar-refractivity contribution is -0.136. The number of para-hydroxylation sites is 2. The maximum Gasteiger partial charge on any atom is 0.307 e. The topological polar surface area (TPSA) is 75.6 Å². The van der Waals surface area contributed by atoms with Gasteiger partial charge in [0.25, 0.3) is 0 Å². The van der Waals surface area contributed by atoms with Crippen molar-refractivity contribution in [2.45, 2.75) is 24.7 Å². The number of anilines is 1. The van der Waals surface area contributed by atoms with Gasteiger partial charge < -0.3 is 15.2 Å². The van der Waals surface area contributed by atoms with Crippen LogP contribution in [0.1, 0.15) is 24.0 Å². The zero-order valence-corrected chi connectivity index (χ0v) is 13.7. The van der Waals surface area contributed by atoms with E-state index in [0.717, 1.165) is 24.2 Å². The first-order valence-electron chi connectivity index (χ1n) is 8.43. The average Bonchev–Trinajstić information content (AvgIpc) is 3.31. The van der Waals surface area contributed by atoms with Gasteiger partial charge in [0.05, 0.1) is 13.0 Å². The van der Waals surface area contributed by atoms with Gasteiger partial charge in [-0.2, -0.15) is 0 Å². The summed E-state index contributed by atoms with van der Waals surface area (Å²) in [4.78, 5) is 23.8. The van der Waals surface area contributed by atoms with Gasteiger partial charge in [-0.25, -0.2) is 0 Å². The minimum Gasteiger partial charge on any atom is -0.493 e. The third kappa shape index (κ3) is 2.76. The molecule has 0 aromatic heterocycles. The second kappa shape index (κ2) is 5.92. The zero-order chi connectivity index (χ0) is 17.4. The smallest absolute Gasteiger partial charge is 0.307 e. The predicted molar refractivity (Wildman–Crippen MR) is 92.8 cm³/mol. The number of carbonyl (C=O) groups is 2. The predicted octanol–water partition coefficient (Wildman–Crippen LogP) is 2.99. The molecule has 128 valence electrons. The van der Waals surface area contributed by atoms with E-state index in [-0.39, 0.29) is 23.7 Å². The van der Waals surface area contributed by atoms with E-state index in [1.807, 2.05) is 24.3 Å². The number of rotatable bonds is 4. The molecule has 1 aliphatic heterocycles. The lowest BCUT2D eigenvalue weighted by Crippen LogP contribution is -2.27. The minimum absolute atomic E-state index is 0.0467. The molecule has 2 aliphatic rings. The number of amides is 1. The van der Waals surface area contributed by atoms with Gasteiger partial charge in [-0.15, -0.1) is 0 Å². The van der Waals surface area contributed by atoms with Crippen molar-refractivity contribution in [2.75, 3.05) is 11.9 Å². The highest BCUT2D eigenvalue weighted by Gasteiger charge is 2.61. The molecule has 2 N–H and O–H groups in total. The van der Waals surface area contributed by atoms with Crippen molar-refractivity contribution in [3.05, 3.63) is 59.7 Å². The van der Waals surface area contributed by atoms with Crippen LogP contribution in [-0.4, -0.2) is 23.6 Å². The van der Waals surface area contributed by atoms with Crippen LogP contribution in [0.25, 0.3) is 0 Å². The summed E-state index contributed by atoms with van der Waals surface area (Å²) in [7, 11) is 0. The standard InChI is InChI=1S/C20H19NO4/c22-18(23)11-13-5-1-3-7-16(13)21-19(24)15-12-20(15)9-10-25-17-8-4-2-6-14(17)20/h1-8,15H,9-12H2,(H,21,24)(H,22,23)/t15-,20-/m0/s1. The van der Waals surface area contributed by atoms with Crippen molar-refractivity contribution in [1.29, 1.82) is 0 Å². The van der Waals surface area contributed by atoms with Gasteiger partial charge in [0.2, 0.25) is 5.91 Å². The van der Waals surface area contributed by atoms with Crippen molar-refractivity contribution >= 4 is 17.6 Å². The Balaban J connectivity index is 1.55. The van der Waals surface area contributed by atoms with E-state index in [2.05, 4.69) is 5.32 Å². The van der Waals surface area contributed by atoms with E-state index < -0.39 is 5.97 Å². The van der Waals surface area contributed by atoms with E-state index in [4.69, 9.17) is 9.84 Å². The van der Waals surface area contributed by atoms with Crippen molar-refractivity contribution in [1.82, 2.24) is 0 Å². The minimum atomic E-state index is -0.914. The summed E-state index contributed by atoms with van der Waals surface area (Å²) < 4.78 is 5.71. The van der Waals surface area contributed by atoms with E-state index >= 15 is 0 Å². The number of benzene rings is 2. The van der Waals surface area contributed by atoms with Gasteiger partial charge in [0, 0.05) is 22.6 Å². The lowest BCUT2D eigenvalue weighted by atomic mass is 9.87. The number of aliphatic carboxylic acids is 1. The van der Waals surface area contributed by atoms with Gasteiger partial charge >= 0.3 is 5.97 Å². The van der Waals surface area contributed by atoms with Crippen LogP contribution in [0.15, 0.2) is 48.5 Å². The van der Waals surface area contributed by atoms with E-state index in [0.29, 0.717) is 17.9 Å². The molecule has 1 spiro atoms. The van der Waals surface area contributed by atoms with Crippen molar-refractivity contribution in [3.63, 3.8) is 0 Å². The van der Waals surface area contributed by atoms with Crippen LogP contribution in [0.4, 0.5) is 5.69 Å². The van der Waals surface area contributed by atoms with Gasteiger partial charge in [0.1, 0.15) is 5.75 Å². The number of carboxylic acid groups (broad SMARTS) is 1. The van der Waals surface area contributed by atoms with Crippen molar-refractivity contribution in [2.24, 2.45) is 5.92 Å². The molecule has 5 nitrogen and oxygen atoms in total. The molecule has 1 saturated carbocycles. The highest BCUT2D eigenvalue weighted by molar-refractivity contribution is 5.97. The maximum absolute atomic E-state index is 12.8. The first kappa shape index (κ1) is 15.7. The van der Waals surface area contributed by atoms with Crippen molar-refractivity contribution in [3.8, 4) is 5.75 Å². The molecule has 5 heteroatoms. The molecule has 0 saturated heterocycles. The molecule has 0 bridgehead atoms. The van der Waals surface area contributed by atoms with Crippen LogP contribution < -0.4 is 10.1 Å². The molecule has 1 fully saturated rings. The van der Waals surface area contributed by atoms with Gasteiger partial charge in [-0.1, -0.05) is 36.4 Å². The van der Waals surface area contributed by atoms with Crippen LogP contribution in [0.3, 0.4) is 0 Å². The third-order valence-corrected chi connectivity index (χ3v) is 5.24. The SMILES string of the molecule is O=C(O)Cc1ccccc1NC(=O)[C@@H]1C[C@]12CCOc1ccccc12. The first-order valence-corrected chi connectivity index (χ1v) is 8.43. The van der Waals surface area contributed by atoms with Gasteiger partial charge in [-0.3, -0.25) is 9.59 Å². The first-order chi connectivity index (χ1) is 12.1. The van der Waals surface area contributed by atoms with Gasteiger partial charge in [-0.05, 0) is 30.5 Å². The fourth-order valence-electron chi connectivity index (χ4n) is 3.88. The molecule has 1 amide bonds. The maximum atomic E-state index is 12.8. The largest absolute Gasteiger partial charge is 0.493 e. The number of carbonyl (C=O) groups excluding carboxylic acids is 1. The Morgan fingerprint density at radius 3 is 2.76 bits per heavy atom. The lowest BCUT2D eigenvalue weighted by Gasteiger charge is -2.26. The van der Waals surface area contributed by atoms with Crippen LogP contribution in [0, 0.1) is 5.92 Å². The monoisotopic (exact) mass is 337 g/mol. The molecule has 25 heavy (non-hydrogen) atoms. The Kier molecular flexibility index (Phi) is 3.71. The molecule has 1 heterocycles. The average molecular weight is 337 g/mol. The molecule has 4 rings (SSSR count). The molecule has 2 aromatic carbocycles. The number of carboxylic acids is 1. The Hall–Kier alpha value is -2.82. The molecule has 1 aliphatic carbocycles. The normalized spacial score (nSPS) is 23.4. The molecule has 2 aromatic rings. The second-order valence-corrected chi connectivity index (χ2v) is 6.72. The van der Waals surface area contributed by atoms with Crippen LogP contribution in [0.5, 0.6) is 5.75 Å². The Morgan fingerprint density at radius 1 is 1.16 bits per heavy atom. The highest BCUT2D eigenvalue weighted by Crippen LogP contribution is 2.60. The molecule has 0 unspecified atom stereocenters. The quantitative estimate of drug-likeness (QED) is 0.899.